The molecule has 190 valence electrons. The summed E-state index contributed by atoms with van der Waals surface area (Å²) in [7, 11) is 1.71. The normalized spacial score (nSPS) is 17.6. The molecule has 0 bridgehead atoms. The minimum absolute atomic E-state index is 0.0112. The van der Waals surface area contributed by atoms with E-state index in [2.05, 4.69) is 5.32 Å². The van der Waals surface area contributed by atoms with Crippen LogP contribution in [0.15, 0.2) is 48.8 Å². The Morgan fingerprint density at radius 2 is 1.89 bits per heavy atom. The lowest BCUT2D eigenvalue weighted by Gasteiger charge is -2.23. The second kappa shape index (κ2) is 8.64. The van der Waals surface area contributed by atoms with Crippen LogP contribution in [0.2, 0.25) is 0 Å². The van der Waals surface area contributed by atoms with E-state index in [0.29, 0.717) is 11.1 Å². The van der Waals surface area contributed by atoms with Crippen molar-refractivity contribution in [2.24, 2.45) is 13.0 Å². The third kappa shape index (κ3) is 4.47. The molecule has 1 amide bonds. The van der Waals surface area contributed by atoms with Gasteiger partial charge in [-0.3, -0.25) is 10.2 Å². The molecule has 2 aliphatic carbocycles. The van der Waals surface area contributed by atoms with Crippen LogP contribution < -0.4 is 10.9 Å². The largest absolute Gasteiger partial charge is 0.398 e. The minimum atomic E-state index is -4.41. The molecule has 2 aromatic carbocycles. The molecule has 0 spiro atoms. The van der Waals surface area contributed by atoms with Crippen LogP contribution in [0.25, 0.3) is 0 Å². The molecule has 3 aromatic rings. The van der Waals surface area contributed by atoms with Gasteiger partial charge in [-0.15, -0.1) is 0 Å². The number of imidazole rings is 1. The van der Waals surface area contributed by atoms with Gasteiger partial charge < -0.3 is 14.5 Å². The van der Waals surface area contributed by atoms with E-state index in [0.717, 1.165) is 18.4 Å². The van der Waals surface area contributed by atoms with E-state index < -0.39 is 17.5 Å². The van der Waals surface area contributed by atoms with Crippen molar-refractivity contribution >= 4 is 5.91 Å². The summed E-state index contributed by atoms with van der Waals surface area (Å²) in [5.74, 6) is -0.581. The van der Waals surface area contributed by atoms with Gasteiger partial charge in [0.05, 0.1) is 18.0 Å². The molecule has 1 atom stereocenters. The molecule has 2 N–H and O–H groups in total. The van der Waals surface area contributed by atoms with Crippen LogP contribution in [0.3, 0.4) is 0 Å². The smallest absolute Gasteiger partial charge is 0.345 e. The van der Waals surface area contributed by atoms with E-state index in [-0.39, 0.29) is 53.9 Å². The number of nitrogens with one attached hydrogen (secondary N) is 2. The Bertz CT molecular complexity index is 1380. The lowest BCUT2D eigenvalue weighted by molar-refractivity contribution is -0.160. The van der Waals surface area contributed by atoms with E-state index in [4.69, 9.17) is 5.41 Å². The molecule has 0 aliphatic heterocycles. The van der Waals surface area contributed by atoms with Gasteiger partial charge in [0, 0.05) is 25.0 Å². The van der Waals surface area contributed by atoms with Crippen molar-refractivity contribution in [1.82, 2.24) is 14.5 Å². The van der Waals surface area contributed by atoms with Crippen molar-refractivity contribution in [2.45, 2.75) is 56.8 Å². The molecule has 9 heteroatoms. The van der Waals surface area contributed by atoms with E-state index in [1.165, 1.54) is 18.2 Å². The molecule has 2 fully saturated rings. The van der Waals surface area contributed by atoms with Crippen molar-refractivity contribution in [1.29, 1.82) is 5.41 Å². The molecule has 0 saturated heterocycles. The van der Waals surface area contributed by atoms with Crippen LogP contribution in [-0.2, 0) is 19.0 Å². The van der Waals surface area contributed by atoms with Gasteiger partial charge in [0.1, 0.15) is 5.82 Å². The van der Waals surface area contributed by atoms with Crippen LogP contribution in [0, 0.1) is 24.1 Å². The molecule has 1 heterocycles. The van der Waals surface area contributed by atoms with E-state index in [1.807, 2.05) is 0 Å². The van der Waals surface area contributed by atoms with E-state index in [1.54, 1.807) is 53.7 Å². The van der Waals surface area contributed by atoms with Crippen molar-refractivity contribution in [2.75, 3.05) is 0 Å². The predicted octanol–water partition coefficient (Wildman–Crippen LogP) is 5.28. The van der Waals surface area contributed by atoms with E-state index >= 15 is 0 Å². The number of carbonyl (C=O) groups is 1. The number of alkyl halides is 3. The zero-order chi connectivity index (χ0) is 25.8. The summed E-state index contributed by atoms with van der Waals surface area (Å²) in [6.07, 6.45) is 0.781. The topological polar surface area (TPSA) is 62.8 Å². The maximum absolute atomic E-state index is 14.0. The first-order chi connectivity index (χ1) is 17.0. The third-order valence-corrected chi connectivity index (χ3v) is 7.45. The van der Waals surface area contributed by atoms with Gasteiger partial charge in [0.25, 0.3) is 5.91 Å². The number of aryl methyl sites for hydroxylation is 2. The number of aromatic nitrogens is 2. The van der Waals surface area contributed by atoms with Gasteiger partial charge in [-0.05, 0) is 79.0 Å². The van der Waals surface area contributed by atoms with Gasteiger partial charge in [-0.25, -0.2) is 4.39 Å². The van der Waals surface area contributed by atoms with Gasteiger partial charge in [0.15, 0.2) is 0 Å². The monoisotopic (exact) mass is 500 g/mol. The lowest BCUT2D eigenvalue weighted by Crippen LogP contribution is -2.32. The summed E-state index contributed by atoms with van der Waals surface area (Å²) >= 11 is 0. The number of nitrogens with zero attached hydrogens (tertiary/aromatic N) is 2. The number of hydrogen-bond acceptors (Lipinski definition) is 2. The van der Waals surface area contributed by atoms with Crippen LogP contribution in [0.4, 0.5) is 17.6 Å². The summed E-state index contributed by atoms with van der Waals surface area (Å²) in [6.45, 7) is 1.83. The lowest BCUT2D eigenvalue weighted by atomic mass is 9.91. The Kier molecular flexibility index (Phi) is 5.84. The average Bonchev–Trinajstić information content (AvgIpc) is 3.74. The van der Waals surface area contributed by atoms with Gasteiger partial charge in [0.2, 0.25) is 5.62 Å². The number of rotatable bonds is 7. The van der Waals surface area contributed by atoms with Crippen molar-refractivity contribution in [3.63, 3.8) is 0 Å². The Morgan fingerprint density at radius 1 is 1.17 bits per heavy atom. The highest BCUT2D eigenvalue weighted by atomic mass is 19.4. The van der Waals surface area contributed by atoms with Crippen molar-refractivity contribution in [3.8, 4) is 0 Å². The molecule has 36 heavy (non-hydrogen) atoms. The highest BCUT2D eigenvalue weighted by molar-refractivity contribution is 5.95. The predicted molar refractivity (Wildman–Crippen MR) is 126 cm³/mol. The zero-order valence-corrected chi connectivity index (χ0v) is 20.1. The van der Waals surface area contributed by atoms with Crippen LogP contribution in [0.1, 0.15) is 64.3 Å². The number of benzene rings is 2. The number of amides is 1. The highest BCUT2D eigenvalue weighted by Gasteiger charge is 2.64. The zero-order valence-electron chi connectivity index (χ0n) is 20.1. The standard InChI is InChI=1S/C27H28F4N4O/c1-16-11-19(5-6-22(16)28)23(18-3-4-18)33-24(36)20-12-17(15-35-10-9-34(2)25(35)32)13-21(14-20)26(7-8-26)27(29,30)31/h5-6,9-14,18,23,32H,3-4,7-8,15H2,1-2H3,(H,33,36)/t23-/m0/s1. The molecule has 2 saturated carbocycles. The summed E-state index contributed by atoms with van der Waals surface area (Å²) < 4.78 is 59.0. The summed E-state index contributed by atoms with van der Waals surface area (Å²) in [5.41, 5.74) is 0.291. The number of halogens is 4. The summed E-state index contributed by atoms with van der Waals surface area (Å²) in [6, 6.07) is 8.87. The molecule has 5 nitrogen and oxygen atoms in total. The fourth-order valence-electron chi connectivity index (χ4n) is 4.89. The van der Waals surface area contributed by atoms with Gasteiger partial charge in [-0.1, -0.05) is 18.2 Å². The second-order valence-electron chi connectivity index (χ2n) is 10.2. The summed E-state index contributed by atoms with van der Waals surface area (Å²) in [5, 5.41) is 11.2. The highest BCUT2D eigenvalue weighted by Crippen LogP contribution is 2.59. The molecule has 2 aliphatic rings. The quantitative estimate of drug-likeness (QED) is 0.426. The molecular weight excluding hydrogens is 472 g/mol. The minimum Gasteiger partial charge on any atom is -0.345 e. The Balaban J connectivity index is 1.50. The molecule has 0 radical (unpaired) electrons. The molecule has 1 aromatic heterocycles. The molecule has 5 rings (SSSR count). The fourth-order valence-corrected chi connectivity index (χ4v) is 4.89. The maximum Gasteiger partial charge on any atom is 0.398 e. The second-order valence-corrected chi connectivity index (χ2v) is 10.2. The average molecular weight is 501 g/mol. The first-order valence-corrected chi connectivity index (χ1v) is 12.0. The first-order valence-electron chi connectivity index (χ1n) is 12.0. The van der Waals surface area contributed by atoms with Crippen molar-refractivity contribution < 1.29 is 22.4 Å². The number of carbonyl (C=O) groups excluding carboxylic acids is 1. The van der Waals surface area contributed by atoms with Crippen LogP contribution >= 0.6 is 0 Å². The van der Waals surface area contributed by atoms with E-state index in [9.17, 15) is 22.4 Å². The third-order valence-electron chi connectivity index (χ3n) is 7.45. The molecular formula is C27H28F4N4O. The Hall–Kier alpha value is -3.36. The van der Waals surface area contributed by atoms with Gasteiger partial charge >= 0.3 is 6.18 Å². The first kappa shape index (κ1) is 24.3. The maximum atomic E-state index is 14.0. The SMILES string of the molecule is Cc1cc([C@@H](NC(=O)c2cc(Cn3ccn(C)c3=N)cc(C3(C(F)(F)F)CC3)c2)C2CC2)ccc1F. The van der Waals surface area contributed by atoms with Crippen molar-refractivity contribution in [3.05, 3.63) is 88.0 Å². The van der Waals surface area contributed by atoms with Gasteiger partial charge in [-0.2, -0.15) is 13.2 Å². The van der Waals surface area contributed by atoms with Crippen LogP contribution in [0.5, 0.6) is 0 Å². The molecule has 0 unspecified atom stereocenters. The number of hydrogen-bond donors (Lipinski definition) is 2. The fraction of sp³-hybridized carbons (Fsp3) is 0.407. The van der Waals surface area contributed by atoms with Crippen LogP contribution in [-0.4, -0.2) is 21.2 Å². The Labute approximate surface area is 206 Å². The Morgan fingerprint density at radius 3 is 2.44 bits per heavy atom. The summed E-state index contributed by atoms with van der Waals surface area (Å²) in [4.78, 5) is 13.4.